The maximum Gasteiger partial charge on any atom is 0.163 e. The molecule has 0 spiro atoms. The first-order chi connectivity index (χ1) is 13.1. The van der Waals surface area contributed by atoms with Crippen LogP contribution in [-0.4, -0.2) is 29.5 Å². The van der Waals surface area contributed by atoms with Gasteiger partial charge in [-0.05, 0) is 17.2 Å². The summed E-state index contributed by atoms with van der Waals surface area (Å²) in [4.78, 5) is 9.40. The normalized spacial score (nSPS) is 11.4. The molecule has 7 nitrogen and oxygen atoms in total. The Labute approximate surface area is 158 Å². The molecule has 0 aliphatic heterocycles. The van der Waals surface area contributed by atoms with Crippen LogP contribution in [0.5, 0.6) is 0 Å². The first kappa shape index (κ1) is 17.2. The minimum Gasteiger partial charge on any atom is -0.365 e. The standard InChI is InChI=1S/C20H23N7/c1-14(2)18-24-19(17-12-23-26(3)20(17)25-18)21-11-15-7-4-5-8-16(15)13-27-10-6-9-22-27/h4-10,12,14H,11,13H2,1-3H3,(H,21,24,25). The second kappa shape index (κ2) is 7.19. The van der Waals surface area contributed by atoms with Gasteiger partial charge in [0.1, 0.15) is 11.6 Å². The molecule has 0 fully saturated rings. The number of fused-ring (bicyclic) bond motifs is 1. The van der Waals surface area contributed by atoms with E-state index in [0.717, 1.165) is 29.2 Å². The average molecular weight is 361 g/mol. The molecule has 0 radical (unpaired) electrons. The van der Waals surface area contributed by atoms with E-state index in [1.165, 1.54) is 11.1 Å². The van der Waals surface area contributed by atoms with E-state index < -0.39 is 0 Å². The summed E-state index contributed by atoms with van der Waals surface area (Å²) < 4.78 is 3.72. The van der Waals surface area contributed by atoms with Gasteiger partial charge in [0, 0.05) is 31.9 Å². The number of anilines is 1. The minimum absolute atomic E-state index is 0.247. The van der Waals surface area contributed by atoms with E-state index in [4.69, 9.17) is 4.98 Å². The van der Waals surface area contributed by atoms with Gasteiger partial charge in [-0.2, -0.15) is 10.2 Å². The molecule has 0 amide bonds. The molecule has 138 valence electrons. The third kappa shape index (κ3) is 3.53. The topological polar surface area (TPSA) is 73.5 Å². The van der Waals surface area contributed by atoms with E-state index in [9.17, 15) is 0 Å². The SMILES string of the molecule is CC(C)c1nc(NCc2ccccc2Cn2cccn2)c2cnn(C)c2n1. The highest BCUT2D eigenvalue weighted by molar-refractivity contribution is 5.86. The predicted octanol–water partition coefficient (Wildman–Crippen LogP) is 3.34. The lowest BCUT2D eigenvalue weighted by Crippen LogP contribution is -2.10. The Kier molecular flexibility index (Phi) is 4.58. The van der Waals surface area contributed by atoms with Crippen molar-refractivity contribution >= 4 is 16.9 Å². The van der Waals surface area contributed by atoms with Gasteiger partial charge in [-0.25, -0.2) is 9.97 Å². The molecule has 0 unspecified atom stereocenters. The van der Waals surface area contributed by atoms with Crippen LogP contribution in [-0.2, 0) is 20.1 Å². The van der Waals surface area contributed by atoms with Gasteiger partial charge in [-0.15, -0.1) is 0 Å². The molecule has 0 aliphatic rings. The molecular weight excluding hydrogens is 338 g/mol. The van der Waals surface area contributed by atoms with Crippen molar-refractivity contribution in [2.75, 3.05) is 5.32 Å². The highest BCUT2D eigenvalue weighted by Gasteiger charge is 2.14. The van der Waals surface area contributed by atoms with Crippen LogP contribution in [0, 0.1) is 0 Å². The molecule has 3 aromatic heterocycles. The van der Waals surface area contributed by atoms with Crippen LogP contribution < -0.4 is 5.32 Å². The number of benzene rings is 1. The fourth-order valence-electron chi connectivity index (χ4n) is 3.06. The van der Waals surface area contributed by atoms with Crippen LogP contribution in [0.15, 0.2) is 48.9 Å². The smallest absolute Gasteiger partial charge is 0.163 e. The first-order valence-corrected chi connectivity index (χ1v) is 9.09. The summed E-state index contributed by atoms with van der Waals surface area (Å²) in [5, 5.41) is 13.1. The monoisotopic (exact) mass is 361 g/mol. The van der Waals surface area contributed by atoms with Gasteiger partial charge in [0.15, 0.2) is 5.65 Å². The van der Waals surface area contributed by atoms with E-state index in [-0.39, 0.29) is 5.92 Å². The molecule has 1 aromatic carbocycles. The summed E-state index contributed by atoms with van der Waals surface area (Å²) in [5.74, 6) is 1.89. The molecule has 0 saturated heterocycles. The molecule has 0 atom stereocenters. The summed E-state index contributed by atoms with van der Waals surface area (Å²) in [6.07, 6.45) is 5.59. The zero-order valence-corrected chi connectivity index (χ0v) is 15.8. The second-order valence-corrected chi connectivity index (χ2v) is 6.92. The van der Waals surface area contributed by atoms with E-state index in [1.54, 1.807) is 10.9 Å². The highest BCUT2D eigenvalue weighted by Crippen LogP contribution is 2.23. The molecule has 0 bridgehead atoms. The Morgan fingerprint density at radius 1 is 1.04 bits per heavy atom. The summed E-state index contributed by atoms with van der Waals surface area (Å²) in [6.45, 7) is 5.62. The number of nitrogens with one attached hydrogen (secondary N) is 1. The minimum atomic E-state index is 0.247. The largest absolute Gasteiger partial charge is 0.365 e. The van der Waals surface area contributed by atoms with Crippen LogP contribution in [0.3, 0.4) is 0 Å². The first-order valence-electron chi connectivity index (χ1n) is 9.09. The van der Waals surface area contributed by atoms with Gasteiger partial charge in [0.2, 0.25) is 0 Å². The maximum atomic E-state index is 4.74. The third-order valence-electron chi connectivity index (χ3n) is 4.58. The van der Waals surface area contributed by atoms with Crippen LogP contribution in [0.1, 0.15) is 36.7 Å². The van der Waals surface area contributed by atoms with E-state index in [2.05, 4.69) is 58.6 Å². The predicted molar refractivity (Wildman–Crippen MR) is 105 cm³/mol. The van der Waals surface area contributed by atoms with Crippen molar-refractivity contribution in [2.45, 2.75) is 32.9 Å². The van der Waals surface area contributed by atoms with Crippen molar-refractivity contribution in [1.29, 1.82) is 0 Å². The number of nitrogens with zero attached hydrogens (tertiary/aromatic N) is 6. The van der Waals surface area contributed by atoms with Crippen molar-refractivity contribution in [3.8, 4) is 0 Å². The number of rotatable bonds is 6. The average Bonchev–Trinajstić information content (AvgIpc) is 3.31. The lowest BCUT2D eigenvalue weighted by molar-refractivity contribution is 0.682. The van der Waals surface area contributed by atoms with Gasteiger partial charge < -0.3 is 5.32 Å². The van der Waals surface area contributed by atoms with Crippen LogP contribution in [0.2, 0.25) is 0 Å². The summed E-state index contributed by atoms with van der Waals surface area (Å²) in [7, 11) is 1.91. The Morgan fingerprint density at radius 2 is 1.85 bits per heavy atom. The maximum absolute atomic E-state index is 4.74. The molecule has 3 heterocycles. The van der Waals surface area contributed by atoms with Crippen LogP contribution >= 0.6 is 0 Å². The van der Waals surface area contributed by atoms with Gasteiger partial charge in [-0.1, -0.05) is 38.1 Å². The number of hydrogen-bond donors (Lipinski definition) is 1. The van der Waals surface area contributed by atoms with Gasteiger partial charge >= 0.3 is 0 Å². The molecule has 4 aromatic rings. The number of hydrogen-bond acceptors (Lipinski definition) is 5. The fraction of sp³-hybridized carbons (Fsp3) is 0.300. The van der Waals surface area contributed by atoms with E-state index in [0.29, 0.717) is 6.54 Å². The molecule has 4 rings (SSSR count). The van der Waals surface area contributed by atoms with E-state index in [1.807, 2.05) is 30.2 Å². The van der Waals surface area contributed by atoms with Crippen molar-refractivity contribution in [2.24, 2.45) is 7.05 Å². The lowest BCUT2D eigenvalue weighted by Gasteiger charge is -2.13. The second-order valence-electron chi connectivity index (χ2n) is 6.92. The summed E-state index contributed by atoms with van der Waals surface area (Å²) >= 11 is 0. The third-order valence-corrected chi connectivity index (χ3v) is 4.58. The Hall–Kier alpha value is -3.22. The Bertz CT molecular complexity index is 1050. The number of aryl methyl sites for hydroxylation is 1. The van der Waals surface area contributed by atoms with Gasteiger partial charge in [-0.3, -0.25) is 9.36 Å². The lowest BCUT2D eigenvalue weighted by atomic mass is 10.1. The molecule has 27 heavy (non-hydrogen) atoms. The zero-order valence-electron chi connectivity index (χ0n) is 15.8. The van der Waals surface area contributed by atoms with Crippen molar-refractivity contribution in [3.63, 3.8) is 0 Å². The molecule has 1 N–H and O–H groups in total. The molecule has 0 aliphatic carbocycles. The number of aromatic nitrogens is 6. The quantitative estimate of drug-likeness (QED) is 0.570. The van der Waals surface area contributed by atoms with Crippen molar-refractivity contribution in [1.82, 2.24) is 29.5 Å². The van der Waals surface area contributed by atoms with Gasteiger partial charge in [0.25, 0.3) is 0 Å². The van der Waals surface area contributed by atoms with Crippen molar-refractivity contribution < 1.29 is 0 Å². The molecule has 7 heteroatoms. The highest BCUT2D eigenvalue weighted by atomic mass is 15.3. The van der Waals surface area contributed by atoms with Crippen LogP contribution in [0.25, 0.3) is 11.0 Å². The summed E-state index contributed by atoms with van der Waals surface area (Å²) in [6, 6.07) is 10.3. The molecular formula is C20H23N7. The fourth-order valence-corrected chi connectivity index (χ4v) is 3.06. The zero-order chi connectivity index (χ0) is 18.8. The Balaban J connectivity index is 1.62. The van der Waals surface area contributed by atoms with Gasteiger partial charge in [0.05, 0.1) is 18.1 Å². The van der Waals surface area contributed by atoms with Crippen molar-refractivity contribution in [3.05, 3.63) is 65.9 Å². The summed E-state index contributed by atoms with van der Waals surface area (Å²) in [5.41, 5.74) is 3.30. The van der Waals surface area contributed by atoms with E-state index >= 15 is 0 Å². The molecule has 0 saturated carbocycles. The Morgan fingerprint density at radius 3 is 2.59 bits per heavy atom. The van der Waals surface area contributed by atoms with Crippen LogP contribution in [0.4, 0.5) is 5.82 Å².